The van der Waals surface area contributed by atoms with Crippen LogP contribution in [0.4, 0.5) is 0 Å². The summed E-state index contributed by atoms with van der Waals surface area (Å²) in [5.41, 5.74) is 7.13. The highest BCUT2D eigenvalue weighted by Gasteiger charge is 2.44. The third-order valence-corrected chi connectivity index (χ3v) is 6.11. The maximum atomic E-state index is 6.36. The van der Waals surface area contributed by atoms with E-state index >= 15 is 0 Å². The number of hydrogen-bond donors (Lipinski definition) is 1. The Balaban J connectivity index is 2.08. The molecular formula is C19H38N2. The van der Waals surface area contributed by atoms with E-state index in [1.54, 1.807) is 0 Å². The van der Waals surface area contributed by atoms with E-state index in [0.29, 0.717) is 11.0 Å². The van der Waals surface area contributed by atoms with E-state index in [2.05, 4.69) is 32.6 Å². The first-order chi connectivity index (χ1) is 9.93. The number of unbranched alkanes of at least 4 members (excludes halogenated alkanes) is 1. The Morgan fingerprint density at radius 2 is 1.81 bits per heavy atom. The van der Waals surface area contributed by atoms with Gasteiger partial charge in [-0.2, -0.15) is 0 Å². The molecule has 21 heavy (non-hydrogen) atoms. The summed E-state index contributed by atoms with van der Waals surface area (Å²) < 4.78 is 0. The molecule has 2 unspecified atom stereocenters. The number of nitrogens with two attached hydrogens (primary N) is 1. The van der Waals surface area contributed by atoms with Crippen LogP contribution in [0, 0.1) is 11.3 Å². The normalized spacial score (nSPS) is 31.4. The molecule has 0 aromatic rings. The Kier molecular flexibility index (Phi) is 5.76. The van der Waals surface area contributed by atoms with Gasteiger partial charge in [-0.05, 0) is 62.8 Å². The molecule has 2 saturated carbocycles. The maximum Gasteiger partial charge on any atom is 0.0334 e. The topological polar surface area (TPSA) is 29.3 Å². The van der Waals surface area contributed by atoms with Crippen molar-refractivity contribution in [2.75, 3.05) is 13.1 Å². The fourth-order valence-electron chi connectivity index (χ4n) is 4.39. The molecule has 2 rings (SSSR count). The van der Waals surface area contributed by atoms with E-state index in [1.807, 2.05) is 0 Å². The van der Waals surface area contributed by atoms with Crippen molar-refractivity contribution >= 4 is 0 Å². The Bertz CT molecular complexity index is 316. The van der Waals surface area contributed by atoms with Gasteiger partial charge in [-0.1, -0.05) is 40.5 Å². The molecule has 0 spiro atoms. The molecule has 2 fully saturated rings. The monoisotopic (exact) mass is 294 g/mol. The summed E-state index contributed by atoms with van der Waals surface area (Å²) >= 11 is 0. The first-order valence-electron chi connectivity index (χ1n) is 9.40. The predicted molar refractivity (Wildman–Crippen MR) is 92.5 cm³/mol. The van der Waals surface area contributed by atoms with Gasteiger partial charge in [0.2, 0.25) is 0 Å². The molecule has 2 N–H and O–H groups in total. The molecule has 2 atom stereocenters. The van der Waals surface area contributed by atoms with Gasteiger partial charge < -0.3 is 5.73 Å². The first-order valence-corrected chi connectivity index (χ1v) is 9.40. The summed E-state index contributed by atoms with van der Waals surface area (Å²) in [6, 6.07) is 0.853. The van der Waals surface area contributed by atoms with Gasteiger partial charge in [-0.3, -0.25) is 4.90 Å². The smallest absolute Gasteiger partial charge is 0.0334 e. The van der Waals surface area contributed by atoms with E-state index in [4.69, 9.17) is 5.73 Å². The van der Waals surface area contributed by atoms with Crippen molar-refractivity contribution in [1.29, 1.82) is 0 Å². The summed E-state index contributed by atoms with van der Waals surface area (Å²) in [6.45, 7) is 11.7. The van der Waals surface area contributed by atoms with Crippen molar-refractivity contribution in [2.45, 2.75) is 97.1 Å². The maximum absolute atomic E-state index is 6.36. The highest BCUT2D eigenvalue weighted by molar-refractivity contribution is 5.01. The SMILES string of the molecule is CCCCN(C1CC1)C1(CN)CCCC(C(C)(C)C)CC1. The van der Waals surface area contributed by atoms with Gasteiger partial charge in [0.25, 0.3) is 0 Å². The lowest BCUT2D eigenvalue weighted by Crippen LogP contribution is -2.55. The molecule has 0 aromatic carbocycles. The molecule has 2 aliphatic carbocycles. The molecule has 0 radical (unpaired) electrons. The van der Waals surface area contributed by atoms with Crippen LogP contribution in [-0.2, 0) is 0 Å². The van der Waals surface area contributed by atoms with Crippen LogP contribution in [0.5, 0.6) is 0 Å². The Hall–Kier alpha value is -0.0800. The minimum atomic E-state index is 0.316. The van der Waals surface area contributed by atoms with Gasteiger partial charge in [-0.25, -0.2) is 0 Å². The molecule has 0 heterocycles. The van der Waals surface area contributed by atoms with Crippen molar-refractivity contribution in [2.24, 2.45) is 17.1 Å². The first kappa shape index (κ1) is 17.3. The highest BCUT2D eigenvalue weighted by atomic mass is 15.3. The van der Waals surface area contributed by atoms with Gasteiger partial charge in [0, 0.05) is 18.1 Å². The largest absolute Gasteiger partial charge is 0.329 e. The van der Waals surface area contributed by atoms with Crippen LogP contribution in [0.1, 0.15) is 85.5 Å². The minimum Gasteiger partial charge on any atom is -0.329 e. The fourth-order valence-corrected chi connectivity index (χ4v) is 4.39. The molecule has 2 heteroatoms. The third kappa shape index (κ3) is 4.22. The van der Waals surface area contributed by atoms with Crippen LogP contribution in [-0.4, -0.2) is 29.6 Å². The quantitative estimate of drug-likeness (QED) is 0.727. The number of hydrogen-bond acceptors (Lipinski definition) is 2. The molecule has 0 aliphatic heterocycles. The average molecular weight is 295 g/mol. The van der Waals surface area contributed by atoms with Crippen LogP contribution >= 0.6 is 0 Å². The van der Waals surface area contributed by atoms with Crippen molar-refractivity contribution in [1.82, 2.24) is 4.90 Å². The van der Waals surface area contributed by atoms with Crippen LogP contribution < -0.4 is 5.73 Å². The Morgan fingerprint density at radius 1 is 1.10 bits per heavy atom. The van der Waals surface area contributed by atoms with Crippen molar-refractivity contribution in [3.05, 3.63) is 0 Å². The summed E-state index contributed by atoms with van der Waals surface area (Å²) in [6.07, 6.45) is 12.3. The second-order valence-corrected chi connectivity index (χ2v) is 8.70. The molecule has 0 bridgehead atoms. The average Bonchev–Trinajstić information content (AvgIpc) is 3.24. The Morgan fingerprint density at radius 3 is 2.33 bits per heavy atom. The molecule has 2 nitrogen and oxygen atoms in total. The summed E-state index contributed by atoms with van der Waals surface area (Å²) in [5.74, 6) is 0.873. The van der Waals surface area contributed by atoms with Gasteiger partial charge in [-0.15, -0.1) is 0 Å². The van der Waals surface area contributed by atoms with E-state index in [9.17, 15) is 0 Å². The van der Waals surface area contributed by atoms with Crippen molar-refractivity contribution < 1.29 is 0 Å². The van der Waals surface area contributed by atoms with Gasteiger partial charge in [0.05, 0.1) is 0 Å². The van der Waals surface area contributed by atoms with Crippen molar-refractivity contribution in [3.63, 3.8) is 0 Å². The lowest BCUT2D eigenvalue weighted by molar-refractivity contribution is 0.0645. The lowest BCUT2D eigenvalue weighted by Gasteiger charge is -2.44. The molecule has 2 aliphatic rings. The second-order valence-electron chi connectivity index (χ2n) is 8.70. The summed E-state index contributed by atoms with van der Waals surface area (Å²) in [7, 11) is 0. The molecule has 0 amide bonds. The van der Waals surface area contributed by atoms with Gasteiger partial charge in [0.1, 0.15) is 0 Å². The number of nitrogens with zero attached hydrogens (tertiary/aromatic N) is 1. The van der Waals surface area contributed by atoms with Crippen LogP contribution in [0.3, 0.4) is 0 Å². The van der Waals surface area contributed by atoms with E-state index in [1.165, 1.54) is 64.3 Å². The fraction of sp³-hybridized carbons (Fsp3) is 1.00. The standard InChI is InChI=1S/C19H38N2/c1-5-6-14-21(17-9-10-17)19(15-20)12-7-8-16(11-13-19)18(2,3)4/h16-17H,5-15,20H2,1-4H3. The molecular weight excluding hydrogens is 256 g/mol. The highest BCUT2D eigenvalue weighted by Crippen LogP contribution is 2.44. The summed E-state index contributed by atoms with van der Waals surface area (Å²) in [5, 5.41) is 0. The zero-order chi connectivity index (χ0) is 15.5. The number of rotatable bonds is 6. The van der Waals surface area contributed by atoms with E-state index in [0.717, 1.165) is 18.5 Å². The van der Waals surface area contributed by atoms with E-state index in [-0.39, 0.29) is 0 Å². The zero-order valence-electron chi connectivity index (χ0n) is 15.0. The third-order valence-electron chi connectivity index (χ3n) is 6.11. The van der Waals surface area contributed by atoms with Crippen LogP contribution in [0.25, 0.3) is 0 Å². The van der Waals surface area contributed by atoms with Crippen LogP contribution in [0.15, 0.2) is 0 Å². The van der Waals surface area contributed by atoms with E-state index < -0.39 is 0 Å². The van der Waals surface area contributed by atoms with Crippen LogP contribution in [0.2, 0.25) is 0 Å². The minimum absolute atomic E-state index is 0.316. The van der Waals surface area contributed by atoms with Gasteiger partial charge in [0.15, 0.2) is 0 Å². The lowest BCUT2D eigenvalue weighted by atomic mass is 9.76. The summed E-state index contributed by atoms with van der Waals surface area (Å²) in [4.78, 5) is 2.85. The molecule has 0 aromatic heterocycles. The second kappa shape index (κ2) is 7.00. The predicted octanol–water partition coefficient (Wildman–Crippen LogP) is 4.57. The molecule has 124 valence electrons. The van der Waals surface area contributed by atoms with Crippen molar-refractivity contribution in [3.8, 4) is 0 Å². The Labute approximate surface area is 132 Å². The van der Waals surface area contributed by atoms with Gasteiger partial charge >= 0.3 is 0 Å². The zero-order valence-corrected chi connectivity index (χ0v) is 15.0. The molecule has 0 saturated heterocycles.